The van der Waals surface area contributed by atoms with Gasteiger partial charge in [-0.05, 0) is 35.8 Å². The van der Waals surface area contributed by atoms with E-state index in [4.69, 9.17) is 0 Å². The van der Waals surface area contributed by atoms with E-state index in [0.29, 0.717) is 11.3 Å². The number of hydrogen-bond acceptors (Lipinski definition) is 2. The van der Waals surface area contributed by atoms with E-state index in [9.17, 15) is 5.11 Å². The summed E-state index contributed by atoms with van der Waals surface area (Å²) in [4.78, 5) is 4.03. The van der Waals surface area contributed by atoms with Crippen LogP contribution in [0.3, 0.4) is 0 Å². The molecule has 1 N–H and O–H groups in total. The van der Waals surface area contributed by atoms with Crippen molar-refractivity contribution in [2.45, 2.75) is 46.6 Å². The first-order chi connectivity index (χ1) is 7.38. The Morgan fingerprint density at radius 3 is 2.56 bits per heavy atom. The van der Waals surface area contributed by atoms with Gasteiger partial charge in [-0.3, -0.25) is 4.98 Å². The Morgan fingerprint density at radius 2 is 2.06 bits per heavy atom. The Labute approximate surface area is 98.7 Å². The fourth-order valence-electron chi connectivity index (χ4n) is 2.22. The molecule has 16 heavy (non-hydrogen) atoms. The maximum atomic E-state index is 10.0. The van der Waals surface area contributed by atoms with Gasteiger partial charge in [0.15, 0.2) is 0 Å². The van der Waals surface area contributed by atoms with Gasteiger partial charge >= 0.3 is 0 Å². The molecule has 0 amide bonds. The number of aromatic nitrogens is 1. The van der Waals surface area contributed by atoms with Gasteiger partial charge in [0.05, 0.1) is 6.10 Å². The van der Waals surface area contributed by atoms with Crippen molar-refractivity contribution >= 4 is 0 Å². The van der Waals surface area contributed by atoms with Crippen LogP contribution in [0.25, 0.3) is 0 Å². The third-order valence-electron chi connectivity index (χ3n) is 2.66. The summed E-state index contributed by atoms with van der Waals surface area (Å²) in [5.74, 6) is 0.523. The number of aliphatic hydroxyl groups excluding tert-OH is 1. The number of pyridine rings is 1. The van der Waals surface area contributed by atoms with Crippen LogP contribution in [0.5, 0.6) is 0 Å². The second-order valence-corrected chi connectivity index (χ2v) is 5.91. The molecule has 1 aromatic rings. The van der Waals surface area contributed by atoms with Crippen molar-refractivity contribution in [3.63, 3.8) is 0 Å². The average molecular weight is 221 g/mol. The van der Waals surface area contributed by atoms with Gasteiger partial charge in [0.25, 0.3) is 0 Å². The van der Waals surface area contributed by atoms with Crippen molar-refractivity contribution in [3.05, 3.63) is 30.1 Å². The molecule has 0 saturated carbocycles. The summed E-state index contributed by atoms with van der Waals surface area (Å²) >= 11 is 0. The molecule has 0 aliphatic heterocycles. The fraction of sp³-hybridized carbons (Fsp3) is 0.643. The molecular formula is C14H23NO. The minimum atomic E-state index is -0.383. The molecule has 0 saturated heterocycles. The molecule has 0 spiro atoms. The van der Waals surface area contributed by atoms with Crippen molar-refractivity contribution in [3.8, 4) is 0 Å². The van der Waals surface area contributed by atoms with Gasteiger partial charge in [-0.1, -0.05) is 33.8 Å². The zero-order valence-electron chi connectivity index (χ0n) is 10.8. The first-order valence-corrected chi connectivity index (χ1v) is 5.96. The van der Waals surface area contributed by atoms with Crippen LogP contribution in [-0.2, 0) is 0 Å². The van der Waals surface area contributed by atoms with Crippen LogP contribution in [0.15, 0.2) is 24.5 Å². The van der Waals surface area contributed by atoms with E-state index in [0.717, 1.165) is 18.4 Å². The highest BCUT2D eigenvalue weighted by Crippen LogP contribution is 2.30. The first-order valence-electron chi connectivity index (χ1n) is 5.96. The topological polar surface area (TPSA) is 33.1 Å². The molecule has 1 heterocycles. The van der Waals surface area contributed by atoms with Crippen molar-refractivity contribution < 1.29 is 5.11 Å². The van der Waals surface area contributed by atoms with Crippen LogP contribution in [0.4, 0.5) is 0 Å². The predicted octanol–water partition coefficient (Wildman–Crippen LogP) is 3.58. The second-order valence-electron chi connectivity index (χ2n) is 5.91. The lowest BCUT2D eigenvalue weighted by atomic mass is 9.82. The highest BCUT2D eigenvalue weighted by atomic mass is 16.3. The largest absolute Gasteiger partial charge is 0.388 e. The maximum Gasteiger partial charge on any atom is 0.0807 e. The van der Waals surface area contributed by atoms with Gasteiger partial charge < -0.3 is 5.11 Å². The van der Waals surface area contributed by atoms with Crippen molar-refractivity contribution in [1.82, 2.24) is 4.98 Å². The molecule has 0 aromatic carbocycles. The Morgan fingerprint density at radius 1 is 1.38 bits per heavy atom. The quantitative estimate of drug-likeness (QED) is 0.843. The molecule has 1 rings (SSSR count). The van der Waals surface area contributed by atoms with E-state index in [2.05, 4.69) is 32.7 Å². The average Bonchev–Trinajstić information content (AvgIpc) is 2.16. The highest BCUT2D eigenvalue weighted by Gasteiger charge is 2.18. The lowest BCUT2D eigenvalue weighted by molar-refractivity contribution is 0.133. The number of aliphatic hydroxyl groups is 1. The fourth-order valence-corrected chi connectivity index (χ4v) is 2.22. The molecule has 0 aliphatic rings. The summed E-state index contributed by atoms with van der Waals surface area (Å²) in [5.41, 5.74) is 1.25. The lowest BCUT2D eigenvalue weighted by Crippen LogP contribution is -2.13. The van der Waals surface area contributed by atoms with E-state index >= 15 is 0 Å². The van der Waals surface area contributed by atoms with Gasteiger partial charge in [-0.25, -0.2) is 0 Å². The van der Waals surface area contributed by atoms with E-state index in [1.165, 1.54) is 0 Å². The van der Waals surface area contributed by atoms with E-state index in [1.807, 2.05) is 12.1 Å². The molecule has 2 unspecified atom stereocenters. The van der Waals surface area contributed by atoms with Gasteiger partial charge in [-0.15, -0.1) is 0 Å². The number of nitrogens with zero attached hydrogens (tertiary/aromatic N) is 1. The summed E-state index contributed by atoms with van der Waals surface area (Å²) < 4.78 is 0. The summed E-state index contributed by atoms with van der Waals surface area (Å²) in [6, 6.07) is 3.80. The van der Waals surface area contributed by atoms with Crippen molar-refractivity contribution in [2.75, 3.05) is 0 Å². The minimum Gasteiger partial charge on any atom is -0.388 e. The molecule has 2 heteroatoms. The third kappa shape index (κ3) is 4.75. The van der Waals surface area contributed by atoms with Gasteiger partial charge in [-0.2, -0.15) is 0 Å². The second kappa shape index (κ2) is 5.44. The van der Waals surface area contributed by atoms with Gasteiger partial charge in [0, 0.05) is 12.4 Å². The Bertz CT molecular complexity index is 302. The Kier molecular flexibility index (Phi) is 4.48. The van der Waals surface area contributed by atoms with Crippen LogP contribution < -0.4 is 0 Å². The molecule has 0 aliphatic carbocycles. The standard InChI is InChI=1S/C14H23NO/c1-11(9-14(2,3)4)8-13(16)12-6-5-7-15-10-12/h5-7,10-11,13,16H,8-9H2,1-4H3. The summed E-state index contributed by atoms with van der Waals surface area (Å²) in [5, 5.41) is 10.0. The molecule has 2 nitrogen and oxygen atoms in total. The van der Waals surface area contributed by atoms with Crippen molar-refractivity contribution in [2.24, 2.45) is 11.3 Å². The molecule has 1 aromatic heterocycles. The first kappa shape index (κ1) is 13.2. The molecular weight excluding hydrogens is 198 g/mol. The van der Waals surface area contributed by atoms with Gasteiger partial charge in [0.2, 0.25) is 0 Å². The summed E-state index contributed by atoms with van der Waals surface area (Å²) in [6.45, 7) is 8.91. The van der Waals surface area contributed by atoms with Crippen LogP contribution in [0.2, 0.25) is 0 Å². The smallest absolute Gasteiger partial charge is 0.0807 e. The molecule has 0 radical (unpaired) electrons. The number of hydrogen-bond donors (Lipinski definition) is 1. The predicted molar refractivity (Wildman–Crippen MR) is 67.0 cm³/mol. The zero-order chi connectivity index (χ0) is 12.2. The minimum absolute atomic E-state index is 0.327. The van der Waals surface area contributed by atoms with E-state index < -0.39 is 0 Å². The van der Waals surface area contributed by atoms with Crippen LogP contribution in [-0.4, -0.2) is 10.1 Å². The maximum absolute atomic E-state index is 10.0. The number of rotatable bonds is 4. The van der Waals surface area contributed by atoms with Crippen LogP contribution in [0, 0.1) is 11.3 Å². The summed E-state index contributed by atoms with van der Waals surface area (Å²) in [7, 11) is 0. The van der Waals surface area contributed by atoms with Gasteiger partial charge in [0.1, 0.15) is 0 Å². The van der Waals surface area contributed by atoms with Crippen LogP contribution in [0.1, 0.15) is 52.2 Å². The Balaban J connectivity index is 2.49. The van der Waals surface area contributed by atoms with E-state index in [-0.39, 0.29) is 6.10 Å². The normalized spacial score (nSPS) is 15.8. The molecule has 2 atom stereocenters. The highest BCUT2D eigenvalue weighted by molar-refractivity contribution is 5.11. The molecule has 0 fully saturated rings. The molecule has 90 valence electrons. The van der Waals surface area contributed by atoms with Crippen LogP contribution >= 0.6 is 0 Å². The molecule has 0 bridgehead atoms. The van der Waals surface area contributed by atoms with Crippen molar-refractivity contribution in [1.29, 1.82) is 0 Å². The SMILES string of the molecule is CC(CC(O)c1cccnc1)CC(C)(C)C. The lowest BCUT2D eigenvalue weighted by Gasteiger charge is -2.24. The third-order valence-corrected chi connectivity index (χ3v) is 2.66. The Hall–Kier alpha value is -0.890. The summed E-state index contributed by atoms with van der Waals surface area (Å²) in [6.07, 6.45) is 5.03. The van der Waals surface area contributed by atoms with E-state index in [1.54, 1.807) is 12.4 Å². The monoisotopic (exact) mass is 221 g/mol. The zero-order valence-corrected chi connectivity index (χ0v) is 10.8.